The van der Waals surface area contributed by atoms with Gasteiger partial charge >= 0.3 is 29.2 Å². The third kappa shape index (κ3) is 6.00. The minimum absolute atomic E-state index is 0.431. The van der Waals surface area contributed by atoms with Crippen molar-refractivity contribution in [2.24, 2.45) is 35.5 Å². The molecule has 0 spiro atoms. The first-order valence-corrected chi connectivity index (χ1v) is 23.4. The van der Waals surface area contributed by atoms with Crippen molar-refractivity contribution in [2.45, 2.75) is 147 Å². The number of rotatable bonds is 9. The molecule has 10 rings (SSSR count). The zero-order valence-electron chi connectivity index (χ0n) is 30.9. The van der Waals surface area contributed by atoms with Crippen LogP contribution in [0.4, 0.5) is 0 Å². The fraction of sp³-hybridized carbons (Fsp3) is 0.721. The minimum atomic E-state index is -0.485. The summed E-state index contributed by atoms with van der Waals surface area (Å²) in [7, 11) is 8.00. The molecule has 268 valence electrons. The molecule has 8 fully saturated rings. The summed E-state index contributed by atoms with van der Waals surface area (Å²) in [5.41, 5.74) is 7.41. The summed E-state index contributed by atoms with van der Waals surface area (Å²) in [6, 6.07) is 9.71. The average molecular weight is 873 g/mol. The molecule has 0 saturated heterocycles. The zero-order valence-corrected chi connectivity index (χ0v) is 34.8. The van der Waals surface area contributed by atoms with E-state index < -0.39 is 7.92 Å². The van der Waals surface area contributed by atoms with Crippen molar-refractivity contribution in [3.05, 3.63) is 41.0 Å². The molecule has 0 unspecified atom stereocenters. The number of benzene rings is 2. The number of hydrogen-bond donors (Lipinski definition) is 0. The van der Waals surface area contributed by atoms with Crippen LogP contribution in [-0.4, -0.2) is 24.5 Å². The Morgan fingerprint density at radius 1 is 0.583 bits per heavy atom. The van der Waals surface area contributed by atoms with Gasteiger partial charge in [-0.3, -0.25) is 0 Å². The van der Waals surface area contributed by atoms with Crippen molar-refractivity contribution < 1.29 is 29.5 Å². The Hall–Kier alpha value is -0.500. The summed E-state index contributed by atoms with van der Waals surface area (Å²) in [5.74, 6) is 9.33. The van der Waals surface area contributed by atoms with E-state index in [4.69, 9.17) is 9.47 Å². The maximum absolute atomic E-state index is 6.64. The van der Waals surface area contributed by atoms with E-state index in [9.17, 15) is 0 Å². The molecular formula is C43H61AuClO2P. The molecule has 8 aliphatic rings. The summed E-state index contributed by atoms with van der Waals surface area (Å²) in [6.07, 6.45) is 17.9. The molecule has 0 heterocycles. The third-order valence-corrected chi connectivity index (χ3v) is 18.0. The monoisotopic (exact) mass is 872 g/mol. The van der Waals surface area contributed by atoms with Crippen LogP contribution in [0.15, 0.2) is 24.3 Å². The van der Waals surface area contributed by atoms with Gasteiger partial charge in [0.15, 0.2) is 0 Å². The van der Waals surface area contributed by atoms with E-state index in [0.29, 0.717) is 28.1 Å². The van der Waals surface area contributed by atoms with Crippen molar-refractivity contribution in [2.75, 3.05) is 14.2 Å². The second-order valence-electron chi connectivity index (χ2n) is 18.4. The molecule has 2 nitrogen and oxygen atoms in total. The molecule has 0 aliphatic heterocycles. The van der Waals surface area contributed by atoms with Crippen LogP contribution in [0.2, 0.25) is 0 Å². The van der Waals surface area contributed by atoms with Crippen LogP contribution >= 0.6 is 17.1 Å². The molecule has 8 bridgehead atoms. The second-order valence-corrected chi connectivity index (χ2v) is 21.4. The van der Waals surface area contributed by atoms with Gasteiger partial charge in [0, 0.05) is 10.9 Å². The van der Waals surface area contributed by atoms with Crippen molar-refractivity contribution >= 4 is 22.4 Å². The maximum atomic E-state index is 6.64. The average Bonchev–Trinajstić information content (AvgIpc) is 3.03. The van der Waals surface area contributed by atoms with E-state index in [2.05, 4.69) is 75.0 Å². The van der Waals surface area contributed by atoms with Gasteiger partial charge in [-0.2, -0.15) is 0 Å². The molecule has 8 saturated carbocycles. The Labute approximate surface area is 310 Å². The molecule has 2 aromatic rings. The molecule has 0 aromatic heterocycles. The Morgan fingerprint density at radius 3 is 1.25 bits per heavy atom. The molecule has 2 aromatic carbocycles. The first kappa shape index (κ1) is 35.9. The van der Waals surface area contributed by atoms with E-state index in [-0.39, 0.29) is 0 Å². The molecule has 0 N–H and O–H groups in total. The number of methoxy groups -OCH3 is 2. The standard InChI is InChI=1S/C43H61O2P.Au.ClH/c1-25(2)34-17-35(26(3)4)39(36(18-34)27(5)6)40-37(44-7)9-10-38(45-8)41(40)46(42-19-28-11-29(20-42)13-30(12-28)21-42)43-22-31-14-32(23-43)16-33(15-31)24-43;;/h9-10,17-18,25-33H,11-16,19-24H2,1-8H3;;1H/q;+1;/p-1. The van der Waals surface area contributed by atoms with Crippen LogP contribution in [0, 0.1) is 35.5 Å². The fourth-order valence-electron chi connectivity index (χ4n) is 13.3. The Morgan fingerprint density at radius 2 is 0.938 bits per heavy atom. The Bertz CT molecular complexity index is 1350. The Kier molecular flexibility index (Phi) is 10.3. The summed E-state index contributed by atoms with van der Waals surface area (Å²) in [6.45, 7) is 14.4. The van der Waals surface area contributed by atoms with E-state index in [0.717, 1.165) is 41.3 Å². The zero-order chi connectivity index (χ0) is 34.1. The number of hydrogen-bond acceptors (Lipinski definition) is 2. The van der Waals surface area contributed by atoms with Crippen molar-refractivity contribution in [3.63, 3.8) is 0 Å². The van der Waals surface area contributed by atoms with Crippen LogP contribution in [0.25, 0.3) is 11.1 Å². The topological polar surface area (TPSA) is 18.5 Å². The van der Waals surface area contributed by atoms with Crippen molar-refractivity contribution in [3.8, 4) is 22.6 Å². The molecule has 48 heavy (non-hydrogen) atoms. The van der Waals surface area contributed by atoms with Gasteiger partial charge in [0.05, 0.1) is 14.2 Å². The van der Waals surface area contributed by atoms with Crippen LogP contribution in [0.1, 0.15) is 153 Å². The van der Waals surface area contributed by atoms with Crippen LogP contribution in [-0.2, 0) is 20.0 Å². The second kappa shape index (κ2) is 13.8. The van der Waals surface area contributed by atoms with Gasteiger partial charge < -0.3 is 9.47 Å². The first-order chi connectivity index (χ1) is 23.0. The third-order valence-electron chi connectivity index (χ3n) is 14.1. The van der Waals surface area contributed by atoms with E-state index in [1.54, 1.807) is 25.3 Å². The number of halogens is 1. The van der Waals surface area contributed by atoms with Crippen LogP contribution in [0.5, 0.6) is 11.5 Å². The Balaban J connectivity index is 0.00000179. The van der Waals surface area contributed by atoms with Crippen molar-refractivity contribution in [1.29, 1.82) is 0 Å². The summed E-state index contributed by atoms with van der Waals surface area (Å²) >= 11 is 1.75. The summed E-state index contributed by atoms with van der Waals surface area (Å²) < 4.78 is 13.2. The molecule has 0 radical (unpaired) electrons. The predicted octanol–water partition coefficient (Wildman–Crippen LogP) is 12.5. The van der Waals surface area contributed by atoms with E-state index in [1.165, 1.54) is 111 Å². The van der Waals surface area contributed by atoms with Gasteiger partial charge in [-0.05, 0) is 175 Å². The van der Waals surface area contributed by atoms with Gasteiger partial charge in [-0.1, -0.05) is 61.6 Å². The quantitative estimate of drug-likeness (QED) is 0.185. The van der Waals surface area contributed by atoms with Gasteiger partial charge in [0.2, 0.25) is 0 Å². The predicted molar refractivity (Wildman–Crippen MR) is 201 cm³/mol. The van der Waals surface area contributed by atoms with E-state index >= 15 is 0 Å². The molecule has 5 heteroatoms. The van der Waals surface area contributed by atoms with Crippen LogP contribution in [0.3, 0.4) is 0 Å². The first-order valence-electron chi connectivity index (χ1n) is 19.4. The SMILES string of the molecule is COc1ccc(OC)c(P(C23CC4CC(CC(C4)C2)C3)C23CC4CC(CC(C4)C2)C3)c1-c1c(C(C)C)cc(C(C)C)cc1C(C)C.[Cl][Au]. The normalized spacial score (nSPS) is 35.0. The molecular weight excluding hydrogens is 812 g/mol. The van der Waals surface area contributed by atoms with Gasteiger partial charge in [0.25, 0.3) is 0 Å². The molecule has 0 amide bonds. The number of ether oxygens (including phenoxy) is 2. The molecule has 8 aliphatic carbocycles. The van der Waals surface area contributed by atoms with Crippen LogP contribution < -0.4 is 14.8 Å². The van der Waals surface area contributed by atoms with E-state index in [1.807, 2.05) is 14.2 Å². The summed E-state index contributed by atoms with van der Waals surface area (Å²) in [4.78, 5) is 0. The molecule has 0 atom stereocenters. The van der Waals surface area contributed by atoms with Gasteiger partial charge in [-0.25, -0.2) is 0 Å². The van der Waals surface area contributed by atoms with Crippen molar-refractivity contribution in [1.82, 2.24) is 0 Å². The fourth-order valence-corrected chi connectivity index (χ4v) is 18.7. The summed E-state index contributed by atoms with van der Waals surface area (Å²) in [5, 5.41) is 2.54. The van der Waals surface area contributed by atoms with Gasteiger partial charge in [0.1, 0.15) is 11.5 Å². The van der Waals surface area contributed by atoms with Gasteiger partial charge in [-0.15, -0.1) is 0 Å².